The van der Waals surface area contributed by atoms with E-state index >= 15 is 0 Å². The molecule has 0 fully saturated rings. The summed E-state index contributed by atoms with van der Waals surface area (Å²) in [5, 5.41) is 0. The monoisotopic (exact) mass is 235 g/mol. The summed E-state index contributed by atoms with van der Waals surface area (Å²) >= 11 is 0. The summed E-state index contributed by atoms with van der Waals surface area (Å²) < 4.78 is 5.44. The summed E-state index contributed by atoms with van der Waals surface area (Å²) in [6.07, 6.45) is 5.45. The summed E-state index contributed by atoms with van der Waals surface area (Å²) in [4.78, 5) is 0. The molecule has 1 aromatic rings. The van der Waals surface area contributed by atoms with Crippen LogP contribution in [0.3, 0.4) is 0 Å². The van der Waals surface area contributed by atoms with Gasteiger partial charge in [0.1, 0.15) is 0 Å². The minimum atomic E-state index is 0.288. The molecule has 0 aliphatic carbocycles. The van der Waals surface area contributed by atoms with Crippen molar-refractivity contribution in [3.63, 3.8) is 0 Å². The molecular formula is C15H25NO. The van der Waals surface area contributed by atoms with E-state index in [2.05, 4.69) is 37.3 Å². The van der Waals surface area contributed by atoms with Crippen molar-refractivity contribution in [1.29, 1.82) is 0 Å². The minimum absolute atomic E-state index is 0.288. The van der Waals surface area contributed by atoms with E-state index in [-0.39, 0.29) is 6.04 Å². The van der Waals surface area contributed by atoms with Crippen LogP contribution < -0.4 is 5.73 Å². The molecule has 1 rings (SSSR count). The van der Waals surface area contributed by atoms with Crippen LogP contribution in [-0.2, 0) is 11.2 Å². The first kappa shape index (κ1) is 14.2. The molecule has 1 aromatic carbocycles. The van der Waals surface area contributed by atoms with Crippen molar-refractivity contribution in [3.05, 3.63) is 35.9 Å². The van der Waals surface area contributed by atoms with Gasteiger partial charge < -0.3 is 10.5 Å². The lowest BCUT2D eigenvalue weighted by atomic mass is 10.0. The van der Waals surface area contributed by atoms with Gasteiger partial charge in [0.15, 0.2) is 0 Å². The Balaban J connectivity index is 2.02. The highest BCUT2D eigenvalue weighted by Crippen LogP contribution is 2.07. The second kappa shape index (κ2) is 9.20. The van der Waals surface area contributed by atoms with Gasteiger partial charge in [-0.1, -0.05) is 37.3 Å². The summed E-state index contributed by atoms with van der Waals surface area (Å²) in [7, 11) is 0. The van der Waals surface area contributed by atoms with Gasteiger partial charge in [-0.15, -0.1) is 0 Å². The van der Waals surface area contributed by atoms with Crippen molar-refractivity contribution in [2.24, 2.45) is 5.73 Å². The van der Waals surface area contributed by atoms with E-state index in [1.165, 1.54) is 12.0 Å². The van der Waals surface area contributed by atoms with E-state index in [0.717, 1.165) is 38.9 Å². The summed E-state index contributed by atoms with van der Waals surface area (Å²) in [6, 6.07) is 10.9. The third kappa shape index (κ3) is 7.14. The van der Waals surface area contributed by atoms with Gasteiger partial charge in [0.25, 0.3) is 0 Å². The van der Waals surface area contributed by atoms with Gasteiger partial charge in [-0.3, -0.25) is 0 Å². The van der Waals surface area contributed by atoms with Gasteiger partial charge in [-0.05, 0) is 37.7 Å². The lowest BCUT2D eigenvalue weighted by molar-refractivity contribution is 0.127. The van der Waals surface area contributed by atoms with Crippen LogP contribution in [0.5, 0.6) is 0 Å². The Kier molecular flexibility index (Phi) is 7.69. The Labute approximate surface area is 105 Å². The Morgan fingerprint density at radius 3 is 2.59 bits per heavy atom. The van der Waals surface area contributed by atoms with Crippen molar-refractivity contribution >= 4 is 0 Å². The number of aryl methyl sites for hydroxylation is 1. The second-order valence-corrected chi connectivity index (χ2v) is 4.54. The molecule has 0 heterocycles. The number of nitrogens with two attached hydrogens (primary N) is 1. The molecule has 96 valence electrons. The summed E-state index contributed by atoms with van der Waals surface area (Å²) in [5.74, 6) is 0. The molecule has 0 aromatic heterocycles. The van der Waals surface area contributed by atoms with Gasteiger partial charge >= 0.3 is 0 Å². The fourth-order valence-corrected chi connectivity index (χ4v) is 1.84. The average Bonchev–Trinajstić information content (AvgIpc) is 2.36. The van der Waals surface area contributed by atoms with Gasteiger partial charge in [0.2, 0.25) is 0 Å². The van der Waals surface area contributed by atoms with Gasteiger partial charge in [0, 0.05) is 19.3 Å². The molecule has 0 aliphatic rings. The quantitative estimate of drug-likeness (QED) is 0.667. The van der Waals surface area contributed by atoms with Crippen molar-refractivity contribution in [2.75, 3.05) is 13.2 Å². The molecule has 0 saturated heterocycles. The zero-order valence-electron chi connectivity index (χ0n) is 10.9. The first-order valence-electron chi connectivity index (χ1n) is 6.70. The summed E-state index contributed by atoms with van der Waals surface area (Å²) in [6.45, 7) is 3.79. The number of benzene rings is 1. The maximum absolute atomic E-state index is 6.04. The van der Waals surface area contributed by atoms with E-state index in [1.54, 1.807) is 0 Å². The Morgan fingerprint density at radius 2 is 1.88 bits per heavy atom. The van der Waals surface area contributed by atoms with Crippen molar-refractivity contribution < 1.29 is 4.74 Å². The van der Waals surface area contributed by atoms with Crippen LogP contribution in [0, 0.1) is 0 Å². The molecule has 0 aliphatic heterocycles. The fourth-order valence-electron chi connectivity index (χ4n) is 1.84. The van der Waals surface area contributed by atoms with Crippen molar-refractivity contribution in [3.8, 4) is 0 Å². The Bertz CT molecular complexity index is 274. The summed E-state index contributed by atoms with van der Waals surface area (Å²) in [5.41, 5.74) is 7.44. The van der Waals surface area contributed by atoms with Crippen molar-refractivity contribution in [2.45, 2.75) is 45.1 Å². The predicted molar refractivity (Wildman–Crippen MR) is 73.1 cm³/mol. The maximum atomic E-state index is 6.04. The second-order valence-electron chi connectivity index (χ2n) is 4.54. The lowest BCUT2D eigenvalue weighted by Gasteiger charge is -2.11. The first-order chi connectivity index (χ1) is 8.33. The molecule has 2 N–H and O–H groups in total. The normalized spacial score (nSPS) is 12.6. The molecule has 17 heavy (non-hydrogen) atoms. The fraction of sp³-hybridized carbons (Fsp3) is 0.600. The number of rotatable bonds is 9. The molecule has 0 radical (unpaired) electrons. The topological polar surface area (TPSA) is 35.2 Å². The van der Waals surface area contributed by atoms with Crippen LogP contribution in [0.15, 0.2) is 30.3 Å². The molecule has 2 heteroatoms. The molecule has 0 spiro atoms. The average molecular weight is 235 g/mol. The van der Waals surface area contributed by atoms with Crippen LogP contribution in [0.25, 0.3) is 0 Å². The zero-order valence-corrected chi connectivity index (χ0v) is 10.9. The first-order valence-corrected chi connectivity index (χ1v) is 6.70. The highest BCUT2D eigenvalue weighted by Gasteiger charge is 2.02. The van der Waals surface area contributed by atoms with Gasteiger partial charge in [-0.25, -0.2) is 0 Å². The van der Waals surface area contributed by atoms with E-state index in [4.69, 9.17) is 10.5 Å². The van der Waals surface area contributed by atoms with Crippen LogP contribution in [0.1, 0.15) is 38.2 Å². The maximum Gasteiger partial charge on any atom is 0.0480 e. The number of hydrogen-bond acceptors (Lipinski definition) is 2. The van der Waals surface area contributed by atoms with Gasteiger partial charge in [0.05, 0.1) is 0 Å². The molecule has 1 unspecified atom stereocenters. The third-order valence-corrected chi connectivity index (χ3v) is 2.86. The lowest BCUT2D eigenvalue weighted by Crippen LogP contribution is -2.22. The van der Waals surface area contributed by atoms with Gasteiger partial charge in [-0.2, -0.15) is 0 Å². The van der Waals surface area contributed by atoms with E-state index in [9.17, 15) is 0 Å². The van der Waals surface area contributed by atoms with Crippen LogP contribution in [-0.4, -0.2) is 19.3 Å². The third-order valence-electron chi connectivity index (χ3n) is 2.86. The number of ether oxygens (including phenoxy) is 1. The molecule has 0 amide bonds. The molecule has 1 atom stereocenters. The predicted octanol–water partition coefficient (Wildman–Crippen LogP) is 3.15. The molecule has 0 bridgehead atoms. The van der Waals surface area contributed by atoms with Crippen LogP contribution >= 0.6 is 0 Å². The largest absolute Gasteiger partial charge is 0.381 e. The standard InChI is InChI=1S/C15H25NO/c1-2-12-17-13-11-15(16)10-6-9-14-7-4-3-5-8-14/h3-5,7-8,15H,2,6,9-13,16H2,1H3. The Morgan fingerprint density at radius 1 is 1.12 bits per heavy atom. The molecular weight excluding hydrogens is 210 g/mol. The van der Waals surface area contributed by atoms with E-state index in [0.29, 0.717) is 0 Å². The van der Waals surface area contributed by atoms with Crippen LogP contribution in [0.2, 0.25) is 0 Å². The number of hydrogen-bond donors (Lipinski definition) is 1. The van der Waals surface area contributed by atoms with Crippen molar-refractivity contribution in [1.82, 2.24) is 0 Å². The smallest absolute Gasteiger partial charge is 0.0480 e. The highest BCUT2D eigenvalue weighted by molar-refractivity contribution is 5.14. The zero-order chi connectivity index (χ0) is 12.3. The highest BCUT2D eigenvalue weighted by atomic mass is 16.5. The van der Waals surface area contributed by atoms with E-state index in [1.807, 2.05) is 0 Å². The molecule has 2 nitrogen and oxygen atoms in total. The van der Waals surface area contributed by atoms with Crippen LogP contribution in [0.4, 0.5) is 0 Å². The van der Waals surface area contributed by atoms with E-state index < -0.39 is 0 Å². The Hall–Kier alpha value is -0.860. The SMILES string of the molecule is CCCOCCC(N)CCCc1ccccc1. The minimum Gasteiger partial charge on any atom is -0.381 e. The molecule has 0 saturated carbocycles.